The molecule has 1 saturated carbocycles. The fourth-order valence-electron chi connectivity index (χ4n) is 4.42. The van der Waals surface area contributed by atoms with Crippen molar-refractivity contribution in [3.8, 4) is 28.1 Å². The van der Waals surface area contributed by atoms with Gasteiger partial charge < -0.3 is 16.6 Å². The lowest BCUT2D eigenvalue weighted by atomic mass is 9.96. The Morgan fingerprint density at radius 3 is 2.30 bits per heavy atom. The van der Waals surface area contributed by atoms with Crippen LogP contribution in [0.4, 0.5) is 21.7 Å². The molecule has 5 N–H and O–H groups in total. The predicted molar refractivity (Wildman–Crippen MR) is 138 cm³/mol. The normalized spacial score (nSPS) is 13.7. The molecule has 3 aromatic carbocycles. The van der Waals surface area contributed by atoms with Crippen LogP contribution >= 0.6 is 0 Å². The van der Waals surface area contributed by atoms with Crippen LogP contribution in [0, 0.1) is 18.2 Å². The van der Waals surface area contributed by atoms with Crippen LogP contribution < -0.4 is 16.4 Å². The Hall–Kier alpha value is -4.79. The lowest BCUT2D eigenvalue weighted by Crippen LogP contribution is -2.41. The number of aromatic hydroxyl groups is 1. The maximum Gasteiger partial charge on any atom is 0.247 e. The number of nitrogen functional groups attached to an aromatic ring is 1. The maximum absolute atomic E-state index is 13.6. The summed E-state index contributed by atoms with van der Waals surface area (Å²) >= 11 is 0. The van der Waals surface area contributed by atoms with Crippen LogP contribution in [-0.2, 0) is 9.59 Å². The highest BCUT2D eigenvalue weighted by Gasteiger charge is 2.57. The number of halogens is 1. The van der Waals surface area contributed by atoms with Gasteiger partial charge in [0.15, 0.2) is 0 Å². The van der Waals surface area contributed by atoms with Gasteiger partial charge in [-0.1, -0.05) is 12.1 Å². The first-order valence-electron chi connectivity index (χ1n) is 11.6. The number of nitrogens with zero attached hydrogens (tertiary/aromatic N) is 3. The Morgan fingerprint density at radius 2 is 1.68 bits per heavy atom. The summed E-state index contributed by atoms with van der Waals surface area (Å²) in [5.74, 6) is -1.40. The van der Waals surface area contributed by atoms with Crippen molar-refractivity contribution in [1.29, 1.82) is 0 Å². The highest BCUT2D eigenvalue weighted by Crippen LogP contribution is 2.49. The average Bonchev–Trinajstić information content (AvgIpc) is 3.68. The van der Waals surface area contributed by atoms with Crippen molar-refractivity contribution in [3.05, 3.63) is 84.3 Å². The van der Waals surface area contributed by atoms with Crippen molar-refractivity contribution in [2.75, 3.05) is 10.6 Å². The van der Waals surface area contributed by atoms with Crippen LogP contribution in [0.3, 0.4) is 0 Å². The molecule has 0 spiro atoms. The number of phenolic OH excluding ortho intramolecular Hbond substituents is 1. The minimum absolute atomic E-state index is 0.0467. The summed E-state index contributed by atoms with van der Waals surface area (Å²) in [7, 11) is 0. The van der Waals surface area contributed by atoms with E-state index in [-0.39, 0.29) is 11.7 Å². The van der Waals surface area contributed by atoms with E-state index in [0.717, 1.165) is 16.7 Å². The average molecular weight is 498 g/mol. The summed E-state index contributed by atoms with van der Waals surface area (Å²) in [4.78, 5) is 35.2. The third-order valence-electron chi connectivity index (χ3n) is 6.64. The summed E-state index contributed by atoms with van der Waals surface area (Å²) in [6, 6.07) is 17.8. The van der Waals surface area contributed by atoms with Gasteiger partial charge in [-0.2, -0.15) is 0 Å². The van der Waals surface area contributed by atoms with Crippen LogP contribution in [0.5, 0.6) is 5.75 Å². The van der Waals surface area contributed by atoms with Gasteiger partial charge in [0.25, 0.3) is 0 Å². The van der Waals surface area contributed by atoms with Gasteiger partial charge in [0.05, 0.1) is 5.69 Å². The lowest BCUT2D eigenvalue weighted by molar-refractivity contribution is -0.133. The molecule has 1 aromatic heterocycles. The van der Waals surface area contributed by atoms with Crippen molar-refractivity contribution in [2.24, 2.45) is 11.1 Å². The number of carbonyl (C=O) groups excluding carboxylic acids is 2. The molecular formula is C28H24FN5O3. The predicted octanol–water partition coefficient (Wildman–Crippen LogP) is 4.48. The molecule has 0 unspecified atom stereocenters. The fourth-order valence-corrected chi connectivity index (χ4v) is 4.42. The van der Waals surface area contributed by atoms with Crippen LogP contribution in [-0.4, -0.2) is 26.9 Å². The fraction of sp³-hybridized carbons (Fsp3) is 0.143. The molecule has 1 heterocycles. The second kappa shape index (κ2) is 9.02. The van der Waals surface area contributed by atoms with Crippen LogP contribution in [0.1, 0.15) is 18.4 Å². The molecular weight excluding hydrogens is 473 g/mol. The summed E-state index contributed by atoms with van der Waals surface area (Å²) < 4.78 is 13.6. The van der Waals surface area contributed by atoms with Crippen molar-refractivity contribution >= 4 is 29.1 Å². The van der Waals surface area contributed by atoms with E-state index in [2.05, 4.69) is 9.97 Å². The standard InChI is InChI=1S/C28H24FN5O3/c1-16-14-20(34(19-5-3-18(29)4-6-19)26(37)28(11-12-28)25(30)36)7-8-21(16)17-2-9-24(35)22(15-17)23-10-13-32-27(31)33-23/h2-10,13-15,35H,11-12H2,1H3,(H2,30,36)(H2,31,32,33). The second-order valence-electron chi connectivity index (χ2n) is 9.09. The number of anilines is 3. The summed E-state index contributed by atoms with van der Waals surface area (Å²) in [5, 5.41) is 10.4. The van der Waals surface area contributed by atoms with Gasteiger partial charge >= 0.3 is 0 Å². The number of benzene rings is 3. The van der Waals surface area contributed by atoms with Gasteiger partial charge in [-0.05, 0) is 91.1 Å². The zero-order valence-electron chi connectivity index (χ0n) is 20.0. The Labute approximate surface area is 212 Å². The Bertz CT molecular complexity index is 1530. The Morgan fingerprint density at radius 1 is 0.973 bits per heavy atom. The molecule has 1 aliphatic rings. The number of carbonyl (C=O) groups is 2. The number of amides is 2. The molecule has 9 heteroatoms. The third kappa shape index (κ3) is 4.35. The molecule has 8 nitrogen and oxygen atoms in total. The molecule has 4 aromatic rings. The highest BCUT2D eigenvalue weighted by molar-refractivity contribution is 6.16. The number of rotatable bonds is 6. The van der Waals surface area contributed by atoms with Crippen molar-refractivity contribution in [3.63, 3.8) is 0 Å². The first kappa shape index (κ1) is 23.9. The molecule has 186 valence electrons. The largest absolute Gasteiger partial charge is 0.507 e. The number of aromatic nitrogens is 2. The third-order valence-corrected chi connectivity index (χ3v) is 6.64. The van der Waals surface area contributed by atoms with E-state index >= 15 is 0 Å². The van der Waals surface area contributed by atoms with E-state index in [9.17, 15) is 19.1 Å². The molecule has 0 bridgehead atoms. The molecule has 37 heavy (non-hydrogen) atoms. The Balaban J connectivity index is 1.56. The van der Waals surface area contributed by atoms with E-state index < -0.39 is 23.0 Å². The first-order valence-corrected chi connectivity index (χ1v) is 11.6. The molecule has 0 atom stereocenters. The molecule has 0 aliphatic heterocycles. The van der Waals surface area contributed by atoms with Crippen LogP contribution in [0.15, 0.2) is 72.9 Å². The van der Waals surface area contributed by atoms with E-state index in [1.807, 2.05) is 19.1 Å². The second-order valence-corrected chi connectivity index (χ2v) is 9.09. The smallest absolute Gasteiger partial charge is 0.247 e. The lowest BCUT2D eigenvalue weighted by Gasteiger charge is -2.27. The SMILES string of the molecule is Cc1cc(N(C(=O)C2(C(N)=O)CC2)c2ccc(F)cc2)ccc1-c1ccc(O)c(-c2ccnc(N)n2)c1. The minimum atomic E-state index is -1.26. The number of aryl methyl sites for hydroxylation is 1. The van der Waals surface area contributed by atoms with E-state index in [0.29, 0.717) is 35.5 Å². The van der Waals surface area contributed by atoms with E-state index in [1.165, 1.54) is 35.4 Å². The number of primary amides is 1. The van der Waals surface area contributed by atoms with Gasteiger partial charge in [-0.15, -0.1) is 0 Å². The minimum Gasteiger partial charge on any atom is -0.507 e. The van der Waals surface area contributed by atoms with E-state index in [4.69, 9.17) is 11.5 Å². The number of hydrogen-bond donors (Lipinski definition) is 3. The molecule has 1 aliphatic carbocycles. The van der Waals surface area contributed by atoms with Crippen molar-refractivity contribution < 1.29 is 19.1 Å². The van der Waals surface area contributed by atoms with Crippen LogP contribution in [0.25, 0.3) is 22.4 Å². The zero-order chi connectivity index (χ0) is 26.3. The highest BCUT2D eigenvalue weighted by atomic mass is 19.1. The monoisotopic (exact) mass is 497 g/mol. The first-order chi connectivity index (χ1) is 17.7. The van der Waals surface area contributed by atoms with Crippen molar-refractivity contribution in [2.45, 2.75) is 19.8 Å². The van der Waals surface area contributed by atoms with Gasteiger partial charge in [0.1, 0.15) is 17.0 Å². The molecule has 0 saturated heterocycles. The maximum atomic E-state index is 13.6. The topological polar surface area (TPSA) is 135 Å². The van der Waals surface area contributed by atoms with Crippen molar-refractivity contribution in [1.82, 2.24) is 9.97 Å². The number of hydrogen-bond acceptors (Lipinski definition) is 6. The van der Waals surface area contributed by atoms with Crippen LogP contribution in [0.2, 0.25) is 0 Å². The Kier molecular flexibility index (Phi) is 5.83. The number of phenols is 1. The van der Waals surface area contributed by atoms with Gasteiger partial charge in [-0.25, -0.2) is 14.4 Å². The summed E-state index contributed by atoms with van der Waals surface area (Å²) in [6.07, 6.45) is 2.27. The molecule has 1 fully saturated rings. The van der Waals surface area contributed by atoms with E-state index in [1.54, 1.807) is 30.3 Å². The van der Waals surface area contributed by atoms with Gasteiger partial charge in [-0.3, -0.25) is 14.5 Å². The van der Waals surface area contributed by atoms with Gasteiger partial charge in [0.2, 0.25) is 17.8 Å². The number of nitrogens with two attached hydrogens (primary N) is 2. The van der Waals surface area contributed by atoms with Gasteiger partial charge in [0, 0.05) is 23.1 Å². The summed E-state index contributed by atoms with van der Waals surface area (Å²) in [5.41, 5.74) is 14.5. The molecule has 5 rings (SSSR count). The quantitative estimate of drug-likeness (QED) is 0.336. The summed E-state index contributed by atoms with van der Waals surface area (Å²) in [6.45, 7) is 1.89. The molecule has 0 radical (unpaired) electrons. The zero-order valence-corrected chi connectivity index (χ0v) is 20.0. The molecule has 2 amide bonds.